The van der Waals surface area contributed by atoms with Crippen molar-refractivity contribution in [1.29, 1.82) is 10.5 Å². The fourth-order valence-electron chi connectivity index (χ4n) is 3.19. The van der Waals surface area contributed by atoms with E-state index in [1.54, 1.807) is 18.2 Å². The molecule has 1 aliphatic heterocycles. The number of carbonyl (C=O) groups is 1. The summed E-state index contributed by atoms with van der Waals surface area (Å²) in [6.07, 6.45) is 2.32. The van der Waals surface area contributed by atoms with E-state index < -0.39 is 5.91 Å². The summed E-state index contributed by atoms with van der Waals surface area (Å²) in [6.45, 7) is 0.588. The highest BCUT2D eigenvalue weighted by Gasteiger charge is 2.27. The number of anilines is 1. The third-order valence-electron chi connectivity index (χ3n) is 4.54. The van der Waals surface area contributed by atoms with E-state index in [0.29, 0.717) is 34.1 Å². The lowest BCUT2D eigenvalue weighted by Gasteiger charge is -2.25. The Balaban J connectivity index is 1.96. The van der Waals surface area contributed by atoms with Gasteiger partial charge in [0.25, 0.3) is 0 Å². The Bertz CT molecular complexity index is 987. The molecule has 1 atom stereocenters. The van der Waals surface area contributed by atoms with Crippen molar-refractivity contribution in [2.45, 2.75) is 36.1 Å². The Morgan fingerprint density at radius 3 is 2.71 bits per heavy atom. The van der Waals surface area contributed by atoms with Crippen LogP contribution in [0.5, 0.6) is 0 Å². The first-order valence-corrected chi connectivity index (χ1v) is 9.80. The molecule has 28 heavy (non-hydrogen) atoms. The van der Waals surface area contributed by atoms with Crippen molar-refractivity contribution in [3.8, 4) is 12.1 Å². The van der Waals surface area contributed by atoms with Crippen LogP contribution in [-0.4, -0.2) is 17.5 Å². The van der Waals surface area contributed by atoms with Crippen LogP contribution in [0, 0.1) is 22.7 Å². The maximum absolute atomic E-state index is 11.4. The number of nitrogen functional groups attached to an aromatic ring is 1. The summed E-state index contributed by atoms with van der Waals surface area (Å²) in [4.78, 5) is 15.7. The van der Waals surface area contributed by atoms with Crippen molar-refractivity contribution < 1.29 is 9.53 Å². The van der Waals surface area contributed by atoms with E-state index in [9.17, 15) is 15.3 Å². The van der Waals surface area contributed by atoms with Gasteiger partial charge >= 0.3 is 0 Å². The highest BCUT2D eigenvalue weighted by Crippen LogP contribution is 2.38. The number of benzene rings is 1. The van der Waals surface area contributed by atoms with Crippen molar-refractivity contribution >= 4 is 23.5 Å². The van der Waals surface area contributed by atoms with Gasteiger partial charge in [-0.1, -0.05) is 12.1 Å². The number of nitrogens with two attached hydrogens (primary N) is 2. The van der Waals surface area contributed by atoms with Gasteiger partial charge in [-0.15, -0.1) is 11.8 Å². The van der Waals surface area contributed by atoms with E-state index in [-0.39, 0.29) is 17.5 Å². The Labute approximate surface area is 167 Å². The number of carbonyl (C=O) groups excluding carboxylic acids is 1. The van der Waals surface area contributed by atoms with E-state index in [0.717, 1.165) is 24.8 Å². The molecule has 0 aliphatic carbocycles. The van der Waals surface area contributed by atoms with Gasteiger partial charge in [-0.05, 0) is 37.0 Å². The number of pyridine rings is 1. The summed E-state index contributed by atoms with van der Waals surface area (Å²) in [5.74, 6) is 0.0696. The zero-order valence-corrected chi connectivity index (χ0v) is 16.0. The highest BCUT2D eigenvalue weighted by molar-refractivity contribution is 7.98. The molecule has 2 aromatic rings. The Hall–Kier alpha value is -3.07. The highest BCUT2D eigenvalue weighted by atomic mass is 32.2. The van der Waals surface area contributed by atoms with Crippen LogP contribution in [0.2, 0.25) is 0 Å². The van der Waals surface area contributed by atoms with Gasteiger partial charge in [0.15, 0.2) is 0 Å². The van der Waals surface area contributed by atoms with E-state index in [4.69, 9.17) is 16.2 Å². The van der Waals surface area contributed by atoms with Gasteiger partial charge in [-0.25, -0.2) is 4.98 Å². The number of ether oxygens (including phenoxy) is 1. The predicted octanol–water partition coefficient (Wildman–Crippen LogP) is 3.04. The largest absolute Gasteiger partial charge is 0.383 e. The lowest BCUT2D eigenvalue weighted by Crippen LogP contribution is -2.16. The van der Waals surface area contributed by atoms with E-state index in [1.165, 1.54) is 11.8 Å². The van der Waals surface area contributed by atoms with Crippen LogP contribution in [0.4, 0.5) is 5.82 Å². The second kappa shape index (κ2) is 8.75. The standard InChI is InChI=1S/C20H19N5O2S/c21-9-14-17(16-6-1-2-7-27-16)15(10-22)20(25-18(14)23)28-11-12-4-3-5-13(8-12)19(24)26/h3-5,8,16H,1-2,6-7,11H2,(H2,23,25)(H2,24,26). The van der Waals surface area contributed by atoms with Crippen LogP contribution in [0.15, 0.2) is 29.3 Å². The molecule has 0 saturated carbocycles. The maximum atomic E-state index is 11.4. The molecule has 1 saturated heterocycles. The summed E-state index contributed by atoms with van der Waals surface area (Å²) in [6, 6.07) is 11.2. The van der Waals surface area contributed by atoms with Gasteiger partial charge in [0.05, 0.1) is 11.7 Å². The third kappa shape index (κ3) is 4.09. The quantitative estimate of drug-likeness (QED) is 0.744. The van der Waals surface area contributed by atoms with E-state index in [1.807, 2.05) is 6.07 Å². The normalized spacial score (nSPS) is 16.1. The molecular weight excluding hydrogens is 374 g/mol. The van der Waals surface area contributed by atoms with Gasteiger partial charge in [0.2, 0.25) is 5.91 Å². The summed E-state index contributed by atoms with van der Waals surface area (Å²) in [5, 5.41) is 19.8. The summed E-state index contributed by atoms with van der Waals surface area (Å²) < 4.78 is 5.82. The number of hydrogen-bond acceptors (Lipinski definition) is 7. The second-order valence-electron chi connectivity index (χ2n) is 6.40. The number of nitriles is 2. The number of primary amides is 1. The first-order chi connectivity index (χ1) is 13.5. The van der Waals surface area contributed by atoms with Crippen molar-refractivity contribution in [2.75, 3.05) is 12.3 Å². The van der Waals surface area contributed by atoms with Crippen LogP contribution in [-0.2, 0) is 10.5 Å². The summed E-state index contributed by atoms with van der Waals surface area (Å²) in [7, 11) is 0. The molecule has 8 heteroatoms. The van der Waals surface area contributed by atoms with E-state index in [2.05, 4.69) is 17.1 Å². The van der Waals surface area contributed by atoms with Crippen molar-refractivity contribution in [2.24, 2.45) is 5.73 Å². The monoisotopic (exact) mass is 393 g/mol. The summed E-state index contributed by atoms with van der Waals surface area (Å²) >= 11 is 1.33. The minimum Gasteiger partial charge on any atom is -0.383 e. The molecule has 1 amide bonds. The molecule has 1 fully saturated rings. The molecular formula is C20H19N5O2S. The van der Waals surface area contributed by atoms with Crippen LogP contribution >= 0.6 is 11.8 Å². The van der Waals surface area contributed by atoms with Gasteiger partial charge in [0, 0.05) is 23.5 Å². The number of hydrogen-bond donors (Lipinski definition) is 2. The molecule has 1 aromatic carbocycles. The molecule has 3 rings (SSSR count). The van der Waals surface area contributed by atoms with Gasteiger partial charge in [0.1, 0.15) is 28.5 Å². The summed E-state index contributed by atoms with van der Waals surface area (Å²) in [5.41, 5.74) is 13.7. The fraction of sp³-hybridized carbons (Fsp3) is 0.300. The molecule has 0 radical (unpaired) electrons. The minimum atomic E-state index is -0.498. The third-order valence-corrected chi connectivity index (χ3v) is 5.59. The SMILES string of the molecule is N#Cc1c(N)nc(SCc2cccc(C(N)=O)c2)c(C#N)c1C1CCCCO1. The zero-order chi connectivity index (χ0) is 20.1. The molecule has 4 N–H and O–H groups in total. The lowest BCUT2D eigenvalue weighted by molar-refractivity contribution is 0.0145. The van der Waals surface area contributed by atoms with Gasteiger partial charge in [-0.3, -0.25) is 4.79 Å². The van der Waals surface area contributed by atoms with Gasteiger partial charge in [-0.2, -0.15) is 10.5 Å². The van der Waals surface area contributed by atoms with Crippen LogP contribution in [0.3, 0.4) is 0 Å². The minimum absolute atomic E-state index is 0.0964. The molecule has 7 nitrogen and oxygen atoms in total. The fourth-order valence-corrected chi connectivity index (χ4v) is 4.13. The van der Waals surface area contributed by atoms with Crippen LogP contribution in [0.25, 0.3) is 0 Å². The van der Waals surface area contributed by atoms with Crippen molar-refractivity contribution in [3.05, 3.63) is 52.1 Å². The number of aromatic nitrogens is 1. The Kier molecular flexibility index (Phi) is 6.15. The number of thioether (sulfide) groups is 1. The molecule has 1 aromatic heterocycles. The number of nitrogens with zero attached hydrogens (tertiary/aromatic N) is 3. The molecule has 0 bridgehead atoms. The number of amides is 1. The predicted molar refractivity (Wildman–Crippen MR) is 105 cm³/mol. The van der Waals surface area contributed by atoms with Crippen molar-refractivity contribution in [3.63, 3.8) is 0 Å². The number of rotatable bonds is 5. The molecule has 1 unspecified atom stereocenters. The van der Waals surface area contributed by atoms with Crippen LogP contribution in [0.1, 0.15) is 58.0 Å². The van der Waals surface area contributed by atoms with Crippen molar-refractivity contribution in [1.82, 2.24) is 4.98 Å². The molecule has 0 spiro atoms. The Morgan fingerprint density at radius 2 is 2.07 bits per heavy atom. The molecule has 2 heterocycles. The second-order valence-corrected chi connectivity index (χ2v) is 7.36. The van der Waals surface area contributed by atoms with Gasteiger partial charge < -0.3 is 16.2 Å². The lowest BCUT2D eigenvalue weighted by atomic mass is 9.94. The Morgan fingerprint density at radius 1 is 1.29 bits per heavy atom. The molecule has 1 aliphatic rings. The first kappa shape index (κ1) is 19.7. The smallest absolute Gasteiger partial charge is 0.248 e. The first-order valence-electron chi connectivity index (χ1n) is 8.81. The zero-order valence-electron chi connectivity index (χ0n) is 15.1. The van der Waals surface area contributed by atoms with E-state index >= 15 is 0 Å². The average molecular weight is 393 g/mol. The topological polar surface area (TPSA) is 139 Å². The maximum Gasteiger partial charge on any atom is 0.248 e. The average Bonchev–Trinajstić information content (AvgIpc) is 2.72. The van der Waals surface area contributed by atoms with Crippen LogP contribution < -0.4 is 11.5 Å². The molecule has 142 valence electrons.